The molecule has 0 saturated carbocycles. The molecular formula is C17H25F2N3O3. The molecule has 1 amide bonds. The van der Waals surface area contributed by atoms with E-state index in [-0.39, 0.29) is 23.4 Å². The van der Waals surface area contributed by atoms with Crippen LogP contribution in [0.4, 0.5) is 8.78 Å². The van der Waals surface area contributed by atoms with Crippen molar-refractivity contribution in [3.05, 3.63) is 23.8 Å². The van der Waals surface area contributed by atoms with E-state index in [4.69, 9.17) is 10.5 Å². The van der Waals surface area contributed by atoms with E-state index in [1.165, 1.54) is 13.2 Å². The molecule has 3 N–H and O–H groups in total. The predicted molar refractivity (Wildman–Crippen MR) is 90.0 cm³/mol. The largest absolute Gasteiger partial charge is 0.493 e. The summed E-state index contributed by atoms with van der Waals surface area (Å²) in [6.45, 7) is -0.375. The smallest absolute Gasteiger partial charge is 0.387 e. The van der Waals surface area contributed by atoms with Gasteiger partial charge in [-0.2, -0.15) is 8.78 Å². The van der Waals surface area contributed by atoms with Crippen molar-refractivity contribution in [1.29, 1.82) is 0 Å². The number of halogens is 2. The van der Waals surface area contributed by atoms with Crippen LogP contribution in [0.2, 0.25) is 0 Å². The van der Waals surface area contributed by atoms with Gasteiger partial charge in [0.15, 0.2) is 11.5 Å². The van der Waals surface area contributed by atoms with Crippen molar-refractivity contribution in [3.8, 4) is 11.5 Å². The molecule has 1 heterocycles. The van der Waals surface area contributed by atoms with Crippen molar-refractivity contribution in [2.24, 2.45) is 5.73 Å². The van der Waals surface area contributed by atoms with Crippen LogP contribution in [0.5, 0.6) is 11.5 Å². The van der Waals surface area contributed by atoms with Gasteiger partial charge in [-0.05, 0) is 37.0 Å². The Morgan fingerprint density at radius 2 is 2.08 bits per heavy atom. The second-order valence-electron chi connectivity index (χ2n) is 6.08. The van der Waals surface area contributed by atoms with Crippen LogP contribution in [-0.2, 0) is 11.2 Å². The zero-order valence-corrected chi connectivity index (χ0v) is 14.3. The van der Waals surface area contributed by atoms with E-state index in [9.17, 15) is 13.6 Å². The number of nitrogens with zero attached hydrogens (tertiary/aromatic N) is 1. The van der Waals surface area contributed by atoms with Crippen LogP contribution >= 0.6 is 0 Å². The average molecular weight is 357 g/mol. The number of carbonyl (C=O) groups is 1. The molecule has 1 aliphatic heterocycles. The first-order valence-electron chi connectivity index (χ1n) is 8.34. The third-order valence-electron chi connectivity index (χ3n) is 4.18. The molecule has 1 aromatic rings. The molecule has 2 rings (SSSR count). The van der Waals surface area contributed by atoms with Gasteiger partial charge in [0.05, 0.1) is 13.7 Å². The van der Waals surface area contributed by atoms with Crippen LogP contribution in [0.15, 0.2) is 18.2 Å². The standard InChI is InChI=1S/C17H25F2N3O3/c1-24-15-10-12(2-3-14(15)25-17(18)19)4-7-21-16(23)11-22-8-5-13(20)6-9-22/h2-3,10,13,17H,4-9,11,20H2,1H3,(H,21,23). The number of ether oxygens (including phenoxy) is 2. The highest BCUT2D eigenvalue weighted by Gasteiger charge is 2.18. The van der Waals surface area contributed by atoms with Gasteiger partial charge in [-0.25, -0.2) is 0 Å². The summed E-state index contributed by atoms with van der Waals surface area (Å²) >= 11 is 0. The number of nitrogens with two attached hydrogens (primary N) is 1. The van der Waals surface area contributed by atoms with Gasteiger partial charge in [-0.3, -0.25) is 9.69 Å². The lowest BCUT2D eigenvalue weighted by Gasteiger charge is -2.29. The van der Waals surface area contributed by atoms with Crippen molar-refractivity contribution >= 4 is 5.91 Å². The molecule has 1 fully saturated rings. The SMILES string of the molecule is COc1cc(CCNC(=O)CN2CCC(N)CC2)ccc1OC(F)F. The molecule has 0 unspecified atom stereocenters. The van der Waals surface area contributed by atoms with Crippen molar-refractivity contribution in [1.82, 2.24) is 10.2 Å². The first-order chi connectivity index (χ1) is 12.0. The van der Waals surface area contributed by atoms with Crippen molar-refractivity contribution in [2.45, 2.75) is 31.9 Å². The number of alkyl halides is 2. The zero-order chi connectivity index (χ0) is 18.2. The molecule has 0 bridgehead atoms. The molecule has 0 atom stereocenters. The summed E-state index contributed by atoms with van der Waals surface area (Å²) in [4.78, 5) is 14.1. The number of rotatable bonds is 8. The van der Waals surface area contributed by atoms with Gasteiger partial charge in [0.1, 0.15) is 0 Å². The van der Waals surface area contributed by atoms with Crippen molar-refractivity contribution in [3.63, 3.8) is 0 Å². The molecule has 1 aliphatic rings. The number of likely N-dealkylation sites (tertiary alicyclic amines) is 1. The van der Waals surface area contributed by atoms with Crippen LogP contribution in [-0.4, -0.2) is 56.7 Å². The fourth-order valence-corrected chi connectivity index (χ4v) is 2.78. The van der Waals surface area contributed by atoms with E-state index in [0.29, 0.717) is 19.5 Å². The van der Waals surface area contributed by atoms with Gasteiger partial charge in [0.25, 0.3) is 0 Å². The second kappa shape index (κ2) is 9.53. The van der Waals surface area contributed by atoms with Crippen LogP contribution in [0.25, 0.3) is 0 Å². The van der Waals surface area contributed by atoms with Crippen molar-refractivity contribution < 1.29 is 23.0 Å². The molecule has 25 heavy (non-hydrogen) atoms. The maximum Gasteiger partial charge on any atom is 0.387 e. The summed E-state index contributed by atoms with van der Waals surface area (Å²) in [7, 11) is 1.39. The lowest BCUT2D eigenvalue weighted by Crippen LogP contribution is -2.44. The second-order valence-corrected chi connectivity index (χ2v) is 6.08. The first-order valence-corrected chi connectivity index (χ1v) is 8.34. The third-order valence-corrected chi connectivity index (χ3v) is 4.18. The minimum absolute atomic E-state index is 0.00593. The van der Waals surface area contributed by atoms with E-state index in [0.717, 1.165) is 31.5 Å². The van der Waals surface area contributed by atoms with Gasteiger partial charge in [0, 0.05) is 25.7 Å². The molecule has 0 aromatic heterocycles. The Hall–Kier alpha value is -1.93. The molecule has 140 valence electrons. The van der Waals surface area contributed by atoms with Crippen LogP contribution in [0.1, 0.15) is 18.4 Å². The average Bonchev–Trinajstić information content (AvgIpc) is 2.57. The first kappa shape index (κ1) is 19.4. The summed E-state index contributed by atoms with van der Waals surface area (Å²) in [5, 5.41) is 2.87. The predicted octanol–water partition coefficient (Wildman–Crippen LogP) is 1.38. The molecule has 0 spiro atoms. The molecule has 1 aromatic carbocycles. The fraction of sp³-hybridized carbons (Fsp3) is 0.588. The van der Waals surface area contributed by atoms with Gasteiger partial charge in [-0.1, -0.05) is 6.07 Å². The topological polar surface area (TPSA) is 76.8 Å². The maximum absolute atomic E-state index is 12.3. The summed E-state index contributed by atoms with van der Waals surface area (Å²) in [5.74, 6) is 0.211. The number of carbonyl (C=O) groups excluding carboxylic acids is 1. The summed E-state index contributed by atoms with van der Waals surface area (Å²) < 4.78 is 34.1. The Bertz CT molecular complexity index is 564. The van der Waals surface area contributed by atoms with Gasteiger partial charge >= 0.3 is 6.61 Å². The monoisotopic (exact) mass is 357 g/mol. The Labute approximate surface area is 146 Å². The summed E-state index contributed by atoms with van der Waals surface area (Å²) in [6.07, 6.45) is 2.40. The zero-order valence-electron chi connectivity index (χ0n) is 14.3. The van der Waals surface area contributed by atoms with Crippen LogP contribution in [0.3, 0.4) is 0 Å². The number of amides is 1. The van der Waals surface area contributed by atoms with Crippen LogP contribution < -0.4 is 20.5 Å². The van der Waals surface area contributed by atoms with E-state index < -0.39 is 6.61 Å². The van der Waals surface area contributed by atoms with Gasteiger partial charge in [-0.15, -0.1) is 0 Å². The Kier molecular flexibility index (Phi) is 7.39. The number of nitrogens with one attached hydrogen (secondary N) is 1. The molecule has 0 radical (unpaired) electrons. The minimum Gasteiger partial charge on any atom is -0.493 e. The van der Waals surface area contributed by atoms with Gasteiger partial charge < -0.3 is 20.5 Å². The quantitative estimate of drug-likeness (QED) is 0.735. The molecule has 8 heteroatoms. The highest BCUT2D eigenvalue weighted by Crippen LogP contribution is 2.29. The highest BCUT2D eigenvalue weighted by molar-refractivity contribution is 5.78. The summed E-state index contributed by atoms with van der Waals surface area (Å²) in [5.41, 5.74) is 6.71. The van der Waals surface area contributed by atoms with E-state index in [1.54, 1.807) is 12.1 Å². The lowest BCUT2D eigenvalue weighted by atomic mass is 10.1. The van der Waals surface area contributed by atoms with E-state index >= 15 is 0 Å². The number of hydrogen-bond acceptors (Lipinski definition) is 5. The highest BCUT2D eigenvalue weighted by atomic mass is 19.3. The minimum atomic E-state index is -2.90. The Morgan fingerprint density at radius 1 is 1.36 bits per heavy atom. The third kappa shape index (κ3) is 6.47. The molecule has 0 aliphatic carbocycles. The maximum atomic E-state index is 12.3. The fourth-order valence-electron chi connectivity index (χ4n) is 2.78. The Morgan fingerprint density at radius 3 is 2.72 bits per heavy atom. The molecular weight excluding hydrogens is 332 g/mol. The number of piperidine rings is 1. The number of methoxy groups -OCH3 is 1. The summed E-state index contributed by atoms with van der Waals surface area (Å²) in [6, 6.07) is 5.00. The normalized spacial score (nSPS) is 16.0. The molecule has 1 saturated heterocycles. The Balaban J connectivity index is 1.76. The molecule has 6 nitrogen and oxygen atoms in total. The van der Waals surface area contributed by atoms with E-state index in [2.05, 4.69) is 15.0 Å². The van der Waals surface area contributed by atoms with Crippen LogP contribution in [0, 0.1) is 0 Å². The van der Waals surface area contributed by atoms with Crippen molar-refractivity contribution in [2.75, 3.05) is 33.3 Å². The lowest BCUT2D eigenvalue weighted by molar-refractivity contribution is -0.122. The van der Waals surface area contributed by atoms with Gasteiger partial charge in [0.2, 0.25) is 5.91 Å². The number of hydrogen-bond donors (Lipinski definition) is 2. The number of benzene rings is 1. The van der Waals surface area contributed by atoms with E-state index in [1.807, 2.05) is 0 Å².